The number of halogens is 1. The van der Waals surface area contributed by atoms with Crippen molar-refractivity contribution in [3.05, 3.63) is 117 Å². The summed E-state index contributed by atoms with van der Waals surface area (Å²) in [4.78, 5) is 45.2. The number of aromatic nitrogens is 2. The van der Waals surface area contributed by atoms with E-state index in [4.69, 9.17) is 0 Å². The first-order valence-corrected chi connectivity index (χ1v) is 11.7. The van der Waals surface area contributed by atoms with Crippen LogP contribution in [0.25, 0.3) is 5.69 Å². The second-order valence-corrected chi connectivity index (χ2v) is 8.89. The number of nitrogens with zero attached hydrogens (tertiary/aromatic N) is 3. The van der Waals surface area contributed by atoms with E-state index in [1.165, 1.54) is 4.90 Å². The molecule has 1 aromatic heterocycles. The largest absolute Gasteiger partial charge is 0.301 e. The van der Waals surface area contributed by atoms with Crippen LogP contribution in [0.1, 0.15) is 55.1 Å². The van der Waals surface area contributed by atoms with Crippen molar-refractivity contribution in [1.29, 1.82) is 0 Å². The van der Waals surface area contributed by atoms with E-state index in [2.05, 4.69) is 20.9 Å². The van der Waals surface area contributed by atoms with Crippen molar-refractivity contribution in [3.63, 3.8) is 0 Å². The summed E-state index contributed by atoms with van der Waals surface area (Å²) >= 11 is 3.48. The first-order valence-electron chi connectivity index (χ1n) is 10.9. The molecule has 0 radical (unpaired) electrons. The summed E-state index contributed by atoms with van der Waals surface area (Å²) in [7, 11) is 0. The number of imidazole rings is 1. The van der Waals surface area contributed by atoms with E-state index in [-0.39, 0.29) is 24.1 Å². The van der Waals surface area contributed by atoms with Gasteiger partial charge in [-0.05, 0) is 36.8 Å². The number of carbonyl (C=O) groups excluding carboxylic acids is 3. The van der Waals surface area contributed by atoms with Crippen LogP contribution in [-0.4, -0.2) is 32.0 Å². The number of rotatable bonds is 6. The Bertz CT molecular complexity index is 1410. The van der Waals surface area contributed by atoms with Crippen molar-refractivity contribution in [3.8, 4) is 5.69 Å². The maximum absolute atomic E-state index is 13.4. The van der Waals surface area contributed by atoms with Gasteiger partial charge in [-0.25, -0.2) is 4.98 Å². The predicted molar refractivity (Wildman–Crippen MR) is 131 cm³/mol. The molecule has 0 unspecified atom stereocenters. The highest BCUT2D eigenvalue weighted by Gasteiger charge is 2.36. The average molecular weight is 514 g/mol. The SMILES string of the molecule is CCc1cn(-c2ccc(Br)cc2C(=O)c2ccccc2)c(CN2C(=O)c3ccccc3C2=O)n1. The molecule has 7 heteroatoms. The number of ketones is 1. The van der Waals surface area contributed by atoms with Gasteiger partial charge in [-0.15, -0.1) is 0 Å². The summed E-state index contributed by atoms with van der Waals surface area (Å²) in [5.74, 6) is -0.305. The Morgan fingerprint density at radius 3 is 2.21 bits per heavy atom. The number of hydrogen-bond donors (Lipinski definition) is 0. The number of carbonyl (C=O) groups is 3. The first kappa shape index (κ1) is 22.0. The maximum Gasteiger partial charge on any atom is 0.261 e. The summed E-state index contributed by atoms with van der Waals surface area (Å²) in [5, 5.41) is 0. The molecule has 0 spiro atoms. The zero-order valence-corrected chi connectivity index (χ0v) is 20.0. The molecule has 6 nitrogen and oxygen atoms in total. The molecule has 0 saturated heterocycles. The summed E-state index contributed by atoms with van der Waals surface area (Å²) < 4.78 is 2.58. The fraction of sp³-hybridized carbons (Fsp3) is 0.111. The Morgan fingerprint density at radius 2 is 1.56 bits per heavy atom. The molecule has 3 aromatic carbocycles. The highest BCUT2D eigenvalue weighted by Crippen LogP contribution is 2.28. The van der Waals surface area contributed by atoms with Gasteiger partial charge in [0, 0.05) is 21.8 Å². The standard InChI is InChI=1S/C27H20BrN3O3/c1-2-19-15-30(23-13-12-18(28)14-22(23)25(32)17-8-4-3-5-9-17)24(29-19)16-31-26(33)20-10-6-7-11-21(20)27(31)34/h3-15H,2,16H2,1H3. The molecular weight excluding hydrogens is 494 g/mol. The molecule has 4 aromatic rings. The Hall–Kier alpha value is -3.84. The lowest BCUT2D eigenvalue weighted by Crippen LogP contribution is -2.30. The number of aryl methyl sites for hydroxylation is 1. The average Bonchev–Trinajstić information content (AvgIpc) is 3.39. The molecule has 0 aliphatic carbocycles. The Labute approximate surface area is 205 Å². The maximum atomic E-state index is 13.4. The van der Waals surface area contributed by atoms with E-state index >= 15 is 0 Å². The van der Waals surface area contributed by atoms with Crippen LogP contribution in [0.3, 0.4) is 0 Å². The van der Waals surface area contributed by atoms with Crippen LogP contribution >= 0.6 is 15.9 Å². The van der Waals surface area contributed by atoms with Crippen LogP contribution in [0.4, 0.5) is 0 Å². The molecule has 0 saturated carbocycles. The molecule has 0 N–H and O–H groups in total. The Balaban J connectivity index is 1.58. The molecule has 34 heavy (non-hydrogen) atoms. The molecule has 0 bridgehead atoms. The molecule has 2 amide bonds. The van der Waals surface area contributed by atoms with Crippen LogP contribution in [-0.2, 0) is 13.0 Å². The molecule has 1 aliphatic heterocycles. The van der Waals surface area contributed by atoms with Gasteiger partial charge in [0.05, 0.1) is 29.1 Å². The lowest BCUT2D eigenvalue weighted by atomic mass is 10.0. The van der Waals surface area contributed by atoms with Gasteiger partial charge in [-0.3, -0.25) is 19.3 Å². The highest BCUT2D eigenvalue weighted by atomic mass is 79.9. The van der Waals surface area contributed by atoms with Gasteiger partial charge in [0.15, 0.2) is 5.78 Å². The molecule has 1 aliphatic rings. The second-order valence-electron chi connectivity index (χ2n) is 7.97. The molecule has 2 heterocycles. The fourth-order valence-electron chi connectivity index (χ4n) is 4.13. The van der Waals surface area contributed by atoms with E-state index in [0.29, 0.717) is 40.2 Å². The van der Waals surface area contributed by atoms with Gasteiger partial charge in [-0.2, -0.15) is 0 Å². The van der Waals surface area contributed by atoms with Crippen molar-refractivity contribution in [1.82, 2.24) is 14.5 Å². The molecule has 0 atom stereocenters. The van der Waals surface area contributed by atoms with Gasteiger partial charge in [0.25, 0.3) is 11.8 Å². The van der Waals surface area contributed by atoms with E-state index < -0.39 is 0 Å². The minimum Gasteiger partial charge on any atom is -0.301 e. The van der Waals surface area contributed by atoms with E-state index in [1.54, 1.807) is 42.5 Å². The van der Waals surface area contributed by atoms with Gasteiger partial charge >= 0.3 is 0 Å². The summed E-state index contributed by atoms with van der Waals surface area (Å²) in [6, 6.07) is 21.3. The van der Waals surface area contributed by atoms with Crippen LogP contribution < -0.4 is 0 Å². The van der Waals surface area contributed by atoms with Crippen LogP contribution in [0.2, 0.25) is 0 Å². The van der Waals surface area contributed by atoms with E-state index in [1.807, 2.05) is 48.0 Å². The van der Waals surface area contributed by atoms with Crippen molar-refractivity contribution in [2.75, 3.05) is 0 Å². The topological polar surface area (TPSA) is 72.3 Å². The summed E-state index contributed by atoms with van der Waals surface area (Å²) in [6.45, 7) is 1.98. The van der Waals surface area contributed by atoms with E-state index in [0.717, 1.165) is 10.2 Å². The van der Waals surface area contributed by atoms with Crippen molar-refractivity contribution >= 4 is 33.5 Å². The predicted octanol–water partition coefficient (Wildman–Crippen LogP) is 5.22. The zero-order valence-electron chi connectivity index (χ0n) is 18.4. The smallest absolute Gasteiger partial charge is 0.261 e. The minimum absolute atomic E-state index is 0.00137. The van der Waals surface area contributed by atoms with Crippen LogP contribution in [0, 0.1) is 0 Å². The molecule has 168 valence electrons. The number of hydrogen-bond acceptors (Lipinski definition) is 4. The van der Waals surface area contributed by atoms with E-state index in [9.17, 15) is 14.4 Å². The summed E-state index contributed by atoms with van der Waals surface area (Å²) in [6.07, 6.45) is 2.53. The lowest BCUT2D eigenvalue weighted by Gasteiger charge is -2.17. The first-order chi connectivity index (χ1) is 16.5. The highest BCUT2D eigenvalue weighted by molar-refractivity contribution is 9.10. The number of fused-ring (bicyclic) bond motifs is 1. The third-order valence-corrected chi connectivity index (χ3v) is 6.36. The molecule has 5 rings (SSSR count). The molecule has 0 fully saturated rings. The zero-order chi connectivity index (χ0) is 23.8. The fourth-order valence-corrected chi connectivity index (χ4v) is 4.49. The van der Waals surface area contributed by atoms with Crippen molar-refractivity contribution < 1.29 is 14.4 Å². The number of amides is 2. The van der Waals surface area contributed by atoms with Gasteiger partial charge in [-0.1, -0.05) is 65.3 Å². The Kier molecular flexibility index (Phi) is 5.71. The normalized spacial score (nSPS) is 12.8. The number of benzene rings is 3. The Morgan fingerprint density at radius 1 is 0.912 bits per heavy atom. The number of imide groups is 1. The van der Waals surface area contributed by atoms with Crippen LogP contribution in [0.15, 0.2) is 83.5 Å². The molecular formula is C27H20BrN3O3. The minimum atomic E-state index is -0.343. The third-order valence-electron chi connectivity index (χ3n) is 5.87. The quantitative estimate of drug-likeness (QED) is 0.261. The van der Waals surface area contributed by atoms with Gasteiger partial charge in [0.1, 0.15) is 5.82 Å². The van der Waals surface area contributed by atoms with Gasteiger partial charge < -0.3 is 4.57 Å². The third kappa shape index (κ3) is 3.78. The lowest BCUT2D eigenvalue weighted by molar-refractivity contribution is 0.0637. The van der Waals surface area contributed by atoms with Crippen molar-refractivity contribution in [2.45, 2.75) is 19.9 Å². The van der Waals surface area contributed by atoms with Crippen molar-refractivity contribution in [2.24, 2.45) is 0 Å². The van der Waals surface area contributed by atoms with Gasteiger partial charge in [0.2, 0.25) is 0 Å². The van der Waals surface area contributed by atoms with Crippen LogP contribution in [0.5, 0.6) is 0 Å². The second kappa shape index (κ2) is 8.83. The monoisotopic (exact) mass is 513 g/mol. The summed E-state index contributed by atoms with van der Waals surface area (Å²) in [5.41, 5.74) is 3.28.